The monoisotopic (exact) mass is 339 g/mol. The van der Waals surface area contributed by atoms with Crippen molar-refractivity contribution in [2.75, 3.05) is 14.2 Å². The van der Waals surface area contributed by atoms with Crippen molar-refractivity contribution < 1.29 is 14.3 Å². The molecular weight excluding hydrogens is 314 g/mol. The molecule has 0 aromatic heterocycles. The fourth-order valence-corrected chi connectivity index (χ4v) is 3.63. The smallest absolute Gasteiger partial charge is 0.255 e. The summed E-state index contributed by atoms with van der Waals surface area (Å²) < 4.78 is 10.6. The number of hydrogen-bond acceptors (Lipinski definition) is 3. The Morgan fingerprint density at radius 2 is 1.64 bits per heavy atom. The zero-order valence-electron chi connectivity index (χ0n) is 14.8. The van der Waals surface area contributed by atoms with E-state index in [0.717, 1.165) is 25.7 Å². The third-order valence-electron chi connectivity index (χ3n) is 4.98. The van der Waals surface area contributed by atoms with Crippen LogP contribution in [-0.2, 0) is 0 Å². The third-order valence-corrected chi connectivity index (χ3v) is 4.98. The highest BCUT2D eigenvalue weighted by molar-refractivity contribution is 5.98. The number of para-hydroxylation sites is 1. The molecule has 1 aliphatic rings. The van der Waals surface area contributed by atoms with Gasteiger partial charge < -0.3 is 14.8 Å². The van der Waals surface area contributed by atoms with Crippen LogP contribution in [0.25, 0.3) is 0 Å². The van der Waals surface area contributed by atoms with Gasteiger partial charge in [0.2, 0.25) is 0 Å². The van der Waals surface area contributed by atoms with Gasteiger partial charge in [-0.15, -0.1) is 0 Å². The molecule has 1 aliphatic carbocycles. The Morgan fingerprint density at radius 3 is 2.28 bits per heavy atom. The second-order valence-electron chi connectivity index (χ2n) is 6.47. The summed E-state index contributed by atoms with van der Waals surface area (Å²) in [4.78, 5) is 12.7. The van der Waals surface area contributed by atoms with Crippen LogP contribution in [0.15, 0.2) is 48.5 Å². The average molecular weight is 339 g/mol. The van der Waals surface area contributed by atoms with Crippen LogP contribution in [0.3, 0.4) is 0 Å². The summed E-state index contributed by atoms with van der Waals surface area (Å²) >= 11 is 0. The van der Waals surface area contributed by atoms with Crippen molar-refractivity contribution in [2.45, 2.75) is 37.6 Å². The zero-order valence-corrected chi connectivity index (χ0v) is 14.8. The number of ether oxygens (including phenoxy) is 2. The van der Waals surface area contributed by atoms with E-state index in [2.05, 4.69) is 35.6 Å². The van der Waals surface area contributed by atoms with Crippen molar-refractivity contribution >= 4 is 5.91 Å². The molecule has 1 amide bonds. The summed E-state index contributed by atoms with van der Waals surface area (Å²) in [7, 11) is 3.13. The topological polar surface area (TPSA) is 47.6 Å². The summed E-state index contributed by atoms with van der Waals surface area (Å²) in [5.41, 5.74) is 1.92. The van der Waals surface area contributed by atoms with Crippen molar-refractivity contribution in [3.63, 3.8) is 0 Å². The number of rotatable bonds is 5. The Morgan fingerprint density at radius 1 is 0.920 bits per heavy atom. The summed E-state index contributed by atoms with van der Waals surface area (Å²) in [6.45, 7) is 0. The van der Waals surface area contributed by atoms with Gasteiger partial charge >= 0.3 is 0 Å². The normalized spacial score (nSPS) is 19.9. The van der Waals surface area contributed by atoms with Crippen LogP contribution in [0.1, 0.15) is 47.5 Å². The number of methoxy groups -OCH3 is 2. The number of carbonyl (C=O) groups is 1. The summed E-state index contributed by atoms with van der Waals surface area (Å²) in [5.74, 6) is 1.56. The molecule has 132 valence electrons. The van der Waals surface area contributed by atoms with Crippen LogP contribution >= 0.6 is 0 Å². The van der Waals surface area contributed by atoms with Gasteiger partial charge in [0.05, 0.1) is 19.8 Å². The summed E-state index contributed by atoms with van der Waals surface area (Å²) in [6.07, 6.45) is 4.20. The van der Waals surface area contributed by atoms with Crippen LogP contribution < -0.4 is 14.8 Å². The number of benzene rings is 2. The van der Waals surface area contributed by atoms with E-state index in [1.54, 1.807) is 26.4 Å². The van der Waals surface area contributed by atoms with E-state index in [1.165, 1.54) is 5.56 Å². The molecule has 0 radical (unpaired) electrons. The largest absolute Gasteiger partial charge is 0.493 e. The maximum atomic E-state index is 12.7. The Hall–Kier alpha value is -2.49. The minimum Gasteiger partial charge on any atom is -0.493 e. The molecule has 0 heterocycles. The molecule has 2 aromatic rings. The Kier molecular flexibility index (Phi) is 5.59. The lowest BCUT2D eigenvalue weighted by Crippen LogP contribution is -2.37. The van der Waals surface area contributed by atoms with Crippen molar-refractivity contribution in [1.82, 2.24) is 5.32 Å². The molecule has 0 bridgehead atoms. The lowest BCUT2D eigenvalue weighted by molar-refractivity contribution is 0.0922. The van der Waals surface area contributed by atoms with Crippen molar-refractivity contribution in [2.24, 2.45) is 0 Å². The van der Waals surface area contributed by atoms with Crippen LogP contribution in [0, 0.1) is 0 Å². The summed E-state index contributed by atoms with van der Waals surface area (Å²) in [5, 5.41) is 3.16. The van der Waals surface area contributed by atoms with Gasteiger partial charge in [-0.2, -0.15) is 0 Å². The molecular formula is C21H25NO3. The highest BCUT2D eigenvalue weighted by Crippen LogP contribution is 2.34. The van der Waals surface area contributed by atoms with Crippen molar-refractivity contribution in [1.29, 1.82) is 0 Å². The van der Waals surface area contributed by atoms with Crippen LogP contribution in [0.2, 0.25) is 0 Å². The van der Waals surface area contributed by atoms with Gasteiger partial charge in [-0.25, -0.2) is 0 Å². The first-order valence-corrected chi connectivity index (χ1v) is 8.79. The van der Waals surface area contributed by atoms with E-state index < -0.39 is 0 Å². The fourth-order valence-electron chi connectivity index (χ4n) is 3.63. The first kappa shape index (κ1) is 17.3. The molecule has 4 nitrogen and oxygen atoms in total. The molecule has 0 spiro atoms. The number of hydrogen-bond donors (Lipinski definition) is 1. The van der Waals surface area contributed by atoms with Gasteiger partial charge in [0.25, 0.3) is 5.91 Å². The Labute approximate surface area is 149 Å². The van der Waals surface area contributed by atoms with Gasteiger partial charge in [0.1, 0.15) is 0 Å². The van der Waals surface area contributed by atoms with E-state index in [0.29, 0.717) is 23.0 Å². The molecule has 4 heteroatoms. The molecule has 1 saturated carbocycles. The van der Waals surface area contributed by atoms with Crippen LogP contribution in [-0.4, -0.2) is 26.2 Å². The van der Waals surface area contributed by atoms with Gasteiger partial charge in [-0.05, 0) is 49.3 Å². The number of carbonyl (C=O) groups excluding carboxylic acids is 1. The Bertz CT molecular complexity index is 706. The SMILES string of the molecule is COc1cccc(C(=O)NC2CCC(c3ccccc3)CC2)c1OC. The number of amides is 1. The highest BCUT2D eigenvalue weighted by Gasteiger charge is 2.25. The lowest BCUT2D eigenvalue weighted by Gasteiger charge is -2.29. The van der Waals surface area contributed by atoms with Crippen molar-refractivity contribution in [3.05, 3.63) is 59.7 Å². The summed E-state index contributed by atoms with van der Waals surface area (Å²) in [6, 6.07) is 16.2. The van der Waals surface area contributed by atoms with Crippen molar-refractivity contribution in [3.8, 4) is 11.5 Å². The van der Waals surface area contributed by atoms with Gasteiger partial charge in [-0.1, -0.05) is 36.4 Å². The molecule has 1 fully saturated rings. The molecule has 1 N–H and O–H groups in total. The van der Waals surface area contributed by atoms with E-state index in [9.17, 15) is 4.79 Å². The zero-order chi connectivity index (χ0) is 17.6. The van der Waals surface area contributed by atoms with Gasteiger partial charge in [0, 0.05) is 6.04 Å². The maximum Gasteiger partial charge on any atom is 0.255 e. The second kappa shape index (κ2) is 8.06. The van der Waals surface area contributed by atoms with Gasteiger partial charge in [0.15, 0.2) is 11.5 Å². The van der Waals surface area contributed by atoms with E-state index in [-0.39, 0.29) is 11.9 Å². The predicted molar refractivity (Wildman–Crippen MR) is 98.5 cm³/mol. The molecule has 2 aromatic carbocycles. The first-order chi connectivity index (χ1) is 12.2. The molecule has 0 atom stereocenters. The van der Waals surface area contributed by atoms with Crippen LogP contribution in [0.5, 0.6) is 11.5 Å². The fraction of sp³-hybridized carbons (Fsp3) is 0.381. The maximum absolute atomic E-state index is 12.7. The minimum absolute atomic E-state index is 0.0982. The average Bonchev–Trinajstić information content (AvgIpc) is 2.68. The standard InChI is InChI=1S/C21H25NO3/c1-24-19-10-6-9-18(20(19)25-2)21(23)22-17-13-11-16(12-14-17)15-7-4-3-5-8-15/h3-10,16-17H,11-14H2,1-2H3,(H,22,23). The second-order valence-corrected chi connectivity index (χ2v) is 6.47. The minimum atomic E-state index is -0.0982. The molecule has 3 rings (SSSR count). The predicted octanol–water partition coefficient (Wildman–Crippen LogP) is 4.16. The molecule has 0 unspecified atom stereocenters. The third kappa shape index (κ3) is 3.95. The number of nitrogens with one attached hydrogen (secondary N) is 1. The lowest BCUT2D eigenvalue weighted by atomic mass is 9.82. The Balaban J connectivity index is 1.62. The van der Waals surface area contributed by atoms with Gasteiger partial charge in [-0.3, -0.25) is 4.79 Å². The molecule has 0 saturated heterocycles. The first-order valence-electron chi connectivity index (χ1n) is 8.79. The highest BCUT2D eigenvalue weighted by atomic mass is 16.5. The van der Waals surface area contributed by atoms with Crippen LogP contribution in [0.4, 0.5) is 0 Å². The quantitative estimate of drug-likeness (QED) is 0.890. The van der Waals surface area contributed by atoms with E-state index in [4.69, 9.17) is 9.47 Å². The molecule has 25 heavy (non-hydrogen) atoms. The van der Waals surface area contributed by atoms with E-state index >= 15 is 0 Å². The van der Waals surface area contributed by atoms with E-state index in [1.807, 2.05) is 6.07 Å². The molecule has 0 aliphatic heterocycles.